The molecule has 110 valence electrons. The predicted octanol–water partition coefficient (Wildman–Crippen LogP) is 0.313. The molecule has 0 saturated carbocycles. The molecule has 0 radical (unpaired) electrons. The standard InChI is InChI=1S/C11H22N4O3S/c1-6-15-7-8(9(12)13-15)19(17,18)14-10(2,3)11(4,5)16/h7,14,16H,6H2,1-5H3,(H2,12,13). The number of nitrogens with zero attached hydrogens (tertiary/aromatic N) is 2. The Morgan fingerprint density at radius 3 is 2.32 bits per heavy atom. The molecule has 0 aliphatic rings. The summed E-state index contributed by atoms with van der Waals surface area (Å²) in [5, 5.41) is 13.9. The van der Waals surface area contributed by atoms with Crippen molar-refractivity contribution in [3.63, 3.8) is 0 Å². The number of nitrogen functional groups attached to an aromatic ring is 1. The Bertz CT molecular complexity index is 555. The number of anilines is 1. The molecule has 7 nitrogen and oxygen atoms in total. The quantitative estimate of drug-likeness (QED) is 0.723. The average Bonchev–Trinajstić information content (AvgIpc) is 2.57. The third-order valence-electron chi connectivity index (χ3n) is 3.29. The van der Waals surface area contributed by atoms with E-state index in [1.165, 1.54) is 24.7 Å². The van der Waals surface area contributed by atoms with Crippen molar-refractivity contribution in [1.82, 2.24) is 14.5 Å². The van der Waals surface area contributed by atoms with E-state index in [2.05, 4.69) is 9.82 Å². The topological polar surface area (TPSA) is 110 Å². The SMILES string of the molecule is CCn1cc(S(=O)(=O)NC(C)(C)C(C)(C)O)c(N)n1. The van der Waals surface area contributed by atoms with Crippen LogP contribution in [0.25, 0.3) is 0 Å². The molecule has 4 N–H and O–H groups in total. The van der Waals surface area contributed by atoms with Gasteiger partial charge < -0.3 is 10.8 Å². The number of aliphatic hydroxyl groups is 1. The minimum absolute atomic E-state index is 0.0547. The van der Waals surface area contributed by atoms with Crippen LogP contribution >= 0.6 is 0 Å². The van der Waals surface area contributed by atoms with Gasteiger partial charge in [-0.25, -0.2) is 13.1 Å². The molecule has 1 heterocycles. The van der Waals surface area contributed by atoms with E-state index >= 15 is 0 Å². The van der Waals surface area contributed by atoms with Crippen molar-refractivity contribution in [2.24, 2.45) is 0 Å². The fraction of sp³-hybridized carbons (Fsp3) is 0.727. The van der Waals surface area contributed by atoms with E-state index < -0.39 is 21.2 Å². The van der Waals surface area contributed by atoms with Gasteiger partial charge in [0.1, 0.15) is 4.90 Å². The second kappa shape index (κ2) is 4.77. The number of sulfonamides is 1. The van der Waals surface area contributed by atoms with Gasteiger partial charge in [-0.2, -0.15) is 5.10 Å². The van der Waals surface area contributed by atoms with Gasteiger partial charge in [0.2, 0.25) is 10.0 Å². The van der Waals surface area contributed by atoms with Crippen LogP contribution in [0.2, 0.25) is 0 Å². The predicted molar refractivity (Wildman–Crippen MR) is 73.0 cm³/mol. The summed E-state index contributed by atoms with van der Waals surface area (Å²) in [6.07, 6.45) is 1.37. The van der Waals surface area contributed by atoms with E-state index in [9.17, 15) is 13.5 Å². The summed E-state index contributed by atoms with van der Waals surface area (Å²) in [5.41, 5.74) is 3.34. The van der Waals surface area contributed by atoms with Crippen LogP contribution in [0.3, 0.4) is 0 Å². The van der Waals surface area contributed by atoms with E-state index in [0.717, 1.165) is 0 Å². The van der Waals surface area contributed by atoms with Crippen LogP contribution in [-0.4, -0.2) is 34.4 Å². The maximum atomic E-state index is 12.3. The summed E-state index contributed by atoms with van der Waals surface area (Å²) in [7, 11) is -3.84. The third-order valence-corrected chi connectivity index (χ3v) is 4.96. The molecule has 0 spiro atoms. The van der Waals surface area contributed by atoms with Crippen LogP contribution < -0.4 is 10.5 Å². The van der Waals surface area contributed by atoms with Crippen molar-refractivity contribution in [2.45, 2.75) is 57.2 Å². The van der Waals surface area contributed by atoms with Crippen LogP contribution in [0.5, 0.6) is 0 Å². The Labute approximate surface area is 113 Å². The first-order chi connectivity index (χ1) is 8.40. The summed E-state index contributed by atoms with van der Waals surface area (Å²) in [6.45, 7) is 8.63. The number of aromatic nitrogens is 2. The highest BCUT2D eigenvalue weighted by molar-refractivity contribution is 7.89. The van der Waals surface area contributed by atoms with Gasteiger partial charge in [0.25, 0.3) is 0 Å². The molecule has 0 fully saturated rings. The van der Waals surface area contributed by atoms with Crippen molar-refractivity contribution in [3.05, 3.63) is 6.20 Å². The largest absolute Gasteiger partial charge is 0.389 e. The summed E-state index contributed by atoms with van der Waals surface area (Å²) in [5.74, 6) is -0.0547. The molecule has 0 bridgehead atoms. The molecule has 1 rings (SSSR count). The van der Waals surface area contributed by atoms with Crippen LogP contribution in [0.1, 0.15) is 34.6 Å². The van der Waals surface area contributed by atoms with Gasteiger partial charge in [-0.05, 0) is 34.6 Å². The molecule has 0 amide bonds. The van der Waals surface area contributed by atoms with Crippen molar-refractivity contribution in [1.29, 1.82) is 0 Å². The Morgan fingerprint density at radius 2 is 1.95 bits per heavy atom. The molecule has 0 unspecified atom stereocenters. The number of hydrogen-bond donors (Lipinski definition) is 3. The highest BCUT2D eigenvalue weighted by atomic mass is 32.2. The molecule has 0 aromatic carbocycles. The summed E-state index contributed by atoms with van der Waals surface area (Å²) in [4.78, 5) is -0.0772. The van der Waals surface area contributed by atoms with Crippen molar-refractivity contribution < 1.29 is 13.5 Å². The zero-order valence-corrected chi connectivity index (χ0v) is 12.7. The molecular formula is C11H22N4O3S. The Morgan fingerprint density at radius 1 is 1.42 bits per heavy atom. The lowest BCUT2D eigenvalue weighted by molar-refractivity contribution is 0.00639. The van der Waals surface area contributed by atoms with Crippen LogP contribution in [0.15, 0.2) is 11.1 Å². The zero-order chi connectivity index (χ0) is 15.1. The van der Waals surface area contributed by atoms with E-state index in [0.29, 0.717) is 6.54 Å². The second-order valence-corrected chi connectivity index (χ2v) is 7.17. The van der Waals surface area contributed by atoms with Crippen molar-refractivity contribution in [2.75, 3.05) is 5.73 Å². The maximum absolute atomic E-state index is 12.3. The first-order valence-electron chi connectivity index (χ1n) is 6.00. The molecule has 19 heavy (non-hydrogen) atoms. The Hall–Kier alpha value is -1.12. The number of nitrogens with two attached hydrogens (primary N) is 1. The first-order valence-corrected chi connectivity index (χ1v) is 7.48. The molecular weight excluding hydrogens is 268 g/mol. The van der Waals surface area contributed by atoms with Gasteiger partial charge in [-0.3, -0.25) is 4.68 Å². The van der Waals surface area contributed by atoms with Crippen LogP contribution in [-0.2, 0) is 16.6 Å². The second-order valence-electron chi connectivity index (χ2n) is 5.52. The van der Waals surface area contributed by atoms with E-state index in [-0.39, 0.29) is 10.7 Å². The molecule has 0 aliphatic heterocycles. The molecule has 0 aliphatic carbocycles. The highest BCUT2D eigenvalue weighted by Gasteiger charge is 2.39. The van der Waals surface area contributed by atoms with Crippen molar-refractivity contribution >= 4 is 15.8 Å². The zero-order valence-electron chi connectivity index (χ0n) is 11.9. The monoisotopic (exact) mass is 290 g/mol. The lowest BCUT2D eigenvalue weighted by Gasteiger charge is -2.37. The highest BCUT2D eigenvalue weighted by Crippen LogP contribution is 2.25. The van der Waals surface area contributed by atoms with Gasteiger partial charge >= 0.3 is 0 Å². The number of aryl methyl sites for hydroxylation is 1. The Kier molecular flexibility index (Phi) is 4.00. The fourth-order valence-electron chi connectivity index (χ4n) is 1.30. The van der Waals surface area contributed by atoms with Crippen LogP contribution in [0, 0.1) is 0 Å². The van der Waals surface area contributed by atoms with Gasteiger partial charge in [0.05, 0.1) is 11.1 Å². The van der Waals surface area contributed by atoms with E-state index in [1.807, 2.05) is 6.92 Å². The van der Waals surface area contributed by atoms with Gasteiger partial charge in [-0.1, -0.05) is 0 Å². The minimum Gasteiger partial charge on any atom is -0.389 e. The van der Waals surface area contributed by atoms with Crippen molar-refractivity contribution in [3.8, 4) is 0 Å². The molecule has 0 saturated heterocycles. The lowest BCUT2D eigenvalue weighted by Crippen LogP contribution is -2.57. The first kappa shape index (κ1) is 15.9. The van der Waals surface area contributed by atoms with Crippen LogP contribution in [0.4, 0.5) is 5.82 Å². The summed E-state index contributed by atoms with van der Waals surface area (Å²) >= 11 is 0. The van der Waals surface area contributed by atoms with Gasteiger partial charge in [-0.15, -0.1) is 0 Å². The lowest BCUT2D eigenvalue weighted by atomic mass is 9.87. The van der Waals surface area contributed by atoms with E-state index in [4.69, 9.17) is 5.73 Å². The normalized spacial score (nSPS) is 13.8. The third kappa shape index (κ3) is 3.26. The van der Waals surface area contributed by atoms with E-state index in [1.54, 1.807) is 13.8 Å². The molecule has 0 atom stereocenters. The number of hydrogen-bond acceptors (Lipinski definition) is 5. The smallest absolute Gasteiger partial charge is 0.246 e. The van der Waals surface area contributed by atoms with Gasteiger partial charge in [0, 0.05) is 12.7 Å². The average molecular weight is 290 g/mol. The number of nitrogens with one attached hydrogen (secondary N) is 1. The maximum Gasteiger partial charge on any atom is 0.246 e. The molecule has 8 heteroatoms. The summed E-state index contributed by atoms with van der Waals surface area (Å²) < 4.78 is 28.5. The number of rotatable bonds is 5. The fourth-order valence-corrected chi connectivity index (χ4v) is 2.91. The summed E-state index contributed by atoms with van der Waals surface area (Å²) in [6, 6.07) is 0. The molecule has 1 aromatic rings. The van der Waals surface area contributed by atoms with Gasteiger partial charge in [0.15, 0.2) is 5.82 Å². The minimum atomic E-state index is -3.84. The Balaban J connectivity index is 3.15. The molecule has 1 aromatic heterocycles.